The Labute approximate surface area is 142 Å². The molecule has 1 heterocycles. The van der Waals surface area contributed by atoms with Crippen molar-refractivity contribution in [3.8, 4) is 0 Å². The molecule has 4 nitrogen and oxygen atoms in total. The maximum Gasteiger partial charge on any atom is 0.356 e. The lowest BCUT2D eigenvalue weighted by atomic mass is 10.2. The van der Waals surface area contributed by atoms with Crippen LogP contribution in [0, 0.1) is 0 Å². The topological polar surface area (TPSA) is 54.5 Å². The molecular weight excluding hydrogens is 335 g/mol. The molecule has 0 fully saturated rings. The number of ether oxygens (including phenoxy) is 1. The van der Waals surface area contributed by atoms with Gasteiger partial charge in [-0.3, -0.25) is 0 Å². The van der Waals surface area contributed by atoms with Crippen LogP contribution in [0.25, 0.3) is 10.9 Å². The number of carbonyl (C=O) groups is 1. The van der Waals surface area contributed by atoms with Gasteiger partial charge in [0.05, 0.1) is 7.11 Å². The van der Waals surface area contributed by atoms with Crippen molar-refractivity contribution < 1.29 is 9.53 Å². The first kappa shape index (κ1) is 15.6. The number of aromatic amines is 1. The van der Waals surface area contributed by atoms with Gasteiger partial charge in [-0.2, -0.15) is 0 Å². The zero-order chi connectivity index (χ0) is 16.4. The van der Waals surface area contributed by atoms with E-state index in [4.69, 9.17) is 27.9 Å². The molecule has 0 bridgehead atoms. The van der Waals surface area contributed by atoms with E-state index in [1.165, 1.54) is 7.11 Å². The number of carbonyl (C=O) groups excluding carboxylic acids is 1. The molecule has 0 saturated heterocycles. The normalized spacial score (nSPS) is 11.7. The molecule has 0 atom stereocenters. The highest BCUT2D eigenvalue weighted by Crippen LogP contribution is 2.33. The van der Waals surface area contributed by atoms with E-state index in [-0.39, 0.29) is 10.9 Å². The highest BCUT2D eigenvalue weighted by Gasteiger charge is 2.19. The van der Waals surface area contributed by atoms with Gasteiger partial charge in [-0.05, 0) is 18.2 Å². The molecule has 0 radical (unpaired) electrons. The molecule has 3 aromatic rings. The molecule has 3 rings (SSSR count). The van der Waals surface area contributed by atoms with E-state index < -0.39 is 5.97 Å². The van der Waals surface area contributed by atoms with Crippen LogP contribution in [0.5, 0.6) is 0 Å². The summed E-state index contributed by atoms with van der Waals surface area (Å²) in [7, 11) is 1.31. The van der Waals surface area contributed by atoms with Gasteiger partial charge in [0.1, 0.15) is 10.9 Å². The largest absolute Gasteiger partial charge is 0.464 e. The number of halogens is 2. The van der Waals surface area contributed by atoms with Gasteiger partial charge in [0.2, 0.25) is 0 Å². The van der Waals surface area contributed by atoms with Crippen LogP contribution in [0.2, 0.25) is 5.02 Å². The lowest BCUT2D eigenvalue weighted by Gasteiger charge is -2.01. The maximum atomic E-state index is 12.0. The molecule has 2 aromatic carbocycles. The van der Waals surface area contributed by atoms with Gasteiger partial charge in [0, 0.05) is 21.5 Å². The maximum absolute atomic E-state index is 12.0. The molecule has 1 N–H and O–H groups in total. The number of hydrogen-bond donors (Lipinski definition) is 1. The van der Waals surface area contributed by atoms with E-state index in [9.17, 15) is 4.79 Å². The van der Waals surface area contributed by atoms with E-state index in [0.29, 0.717) is 16.2 Å². The Bertz CT molecular complexity index is 902. The zero-order valence-corrected chi connectivity index (χ0v) is 13.7. The Morgan fingerprint density at radius 3 is 2.61 bits per heavy atom. The van der Waals surface area contributed by atoms with Gasteiger partial charge < -0.3 is 9.72 Å². The van der Waals surface area contributed by atoms with Crippen molar-refractivity contribution in [2.24, 2.45) is 4.99 Å². The summed E-state index contributed by atoms with van der Waals surface area (Å²) in [5, 5.41) is 1.58. The van der Waals surface area contributed by atoms with Crippen LogP contribution in [0.1, 0.15) is 16.1 Å². The molecule has 0 aliphatic heterocycles. The summed E-state index contributed by atoms with van der Waals surface area (Å²) in [6.07, 6.45) is 0. The van der Waals surface area contributed by atoms with Crippen LogP contribution >= 0.6 is 23.2 Å². The van der Waals surface area contributed by atoms with Crippen LogP contribution in [0.4, 0.5) is 5.69 Å². The van der Waals surface area contributed by atoms with Gasteiger partial charge in [-0.15, -0.1) is 0 Å². The van der Waals surface area contributed by atoms with Crippen LogP contribution in [0.3, 0.4) is 0 Å². The number of fused-ring (bicyclic) bond motifs is 1. The molecule has 0 unspecified atom stereocenters. The molecule has 0 saturated carbocycles. The number of benzene rings is 2. The number of aliphatic imine (C=N–C) groups is 1. The fourth-order valence-corrected chi connectivity index (χ4v) is 2.64. The summed E-state index contributed by atoms with van der Waals surface area (Å²) in [6, 6.07) is 14.5. The van der Waals surface area contributed by atoms with Gasteiger partial charge in [-0.25, -0.2) is 9.79 Å². The van der Waals surface area contributed by atoms with Crippen molar-refractivity contribution in [1.82, 2.24) is 4.98 Å². The van der Waals surface area contributed by atoms with Gasteiger partial charge in [-0.1, -0.05) is 53.5 Å². The van der Waals surface area contributed by atoms with Crippen molar-refractivity contribution in [2.45, 2.75) is 0 Å². The molecule has 1 aromatic heterocycles. The number of esters is 1. The van der Waals surface area contributed by atoms with E-state index in [1.54, 1.807) is 18.2 Å². The van der Waals surface area contributed by atoms with E-state index in [1.807, 2.05) is 30.3 Å². The average molecular weight is 347 g/mol. The predicted octanol–water partition coefficient (Wildman–Crippen LogP) is 4.93. The van der Waals surface area contributed by atoms with Crippen molar-refractivity contribution in [1.29, 1.82) is 0 Å². The summed E-state index contributed by atoms with van der Waals surface area (Å²) >= 11 is 12.3. The molecule has 0 amide bonds. The van der Waals surface area contributed by atoms with Crippen molar-refractivity contribution in [3.63, 3.8) is 0 Å². The summed E-state index contributed by atoms with van der Waals surface area (Å²) < 4.78 is 4.81. The second-order valence-electron chi connectivity index (χ2n) is 4.80. The third-order valence-electron chi connectivity index (χ3n) is 3.34. The first-order chi connectivity index (χ1) is 11.1. The molecular formula is C17H12Cl2N2O2. The fourth-order valence-electron chi connectivity index (χ4n) is 2.26. The van der Waals surface area contributed by atoms with E-state index >= 15 is 0 Å². The number of methoxy groups -OCH3 is 1. The molecule has 0 spiro atoms. The number of aromatic nitrogens is 1. The van der Waals surface area contributed by atoms with Crippen LogP contribution in [0.15, 0.2) is 53.5 Å². The standard InChI is InChI=1S/C17H12Cl2N2O2/c1-23-17(22)15-14(12-8-7-11(18)9-13(12)20-15)21-16(19)10-5-3-2-4-6-10/h2-9,20H,1H3. The minimum Gasteiger partial charge on any atom is -0.464 e. The first-order valence-electron chi connectivity index (χ1n) is 6.79. The lowest BCUT2D eigenvalue weighted by molar-refractivity contribution is 0.0596. The van der Waals surface area contributed by atoms with E-state index in [2.05, 4.69) is 9.98 Å². The van der Waals surface area contributed by atoms with E-state index in [0.717, 1.165) is 10.9 Å². The van der Waals surface area contributed by atoms with Gasteiger partial charge in [0.25, 0.3) is 0 Å². The molecule has 6 heteroatoms. The number of rotatable bonds is 3. The monoisotopic (exact) mass is 346 g/mol. The van der Waals surface area contributed by atoms with Crippen LogP contribution in [-0.2, 0) is 4.74 Å². The minimum absolute atomic E-state index is 0.235. The number of nitrogens with one attached hydrogen (secondary N) is 1. The summed E-state index contributed by atoms with van der Waals surface area (Å²) in [6.45, 7) is 0. The van der Waals surface area contributed by atoms with Crippen molar-refractivity contribution in [2.75, 3.05) is 7.11 Å². The Hall–Kier alpha value is -2.30. The quantitative estimate of drug-likeness (QED) is 0.540. The van der Waals surface area contributed by atoms with Gasteiger partial charge in [0.15, 0.2) is 5.69 Å². The number of nitrogens with zero attached hydrogens (tertiary/aromatic N) is 1. The second kappa shape index (κ2) is 6.44. The SMILES string of the molecule is COC(=O)c1[nH]c2cc(Cl)ccc2c1N=C(Cl)c1ccccc1. The average Bonchev–Trinajstić information content (AvgIpc) is 2.92. The van der Waals surface area contributed by atoms with Crippen LogP contribution < -0.4 is 0 Å². The molecule has 23 heavy (non-hydrogen) atoms. The highest BCUT2D eigenvalue weighted by molar-refractivity contribution is 6.69. The molecule has 0 aliphatic carbocycles. The zero-order valence-electron chi connectivity index (χ0n) is 12.1. The first-order valence-corrected chi connectivity index (χ1v) is 7.55. The van der Waals surface area contributed by atoms with Gasteiger partial charge >= 0.3 is 5.97 Å². The second-order valence-corrected chi connectivity index (χ2v) is 5.59. The number of H-pyrrole nitrogens is 1. The Kier molecular flexibility index (Phi) is 4.37. The lowest BCUT2D eigenvalue weighted by Crippen LogP contribution is -2.02. The third-order valence-corrected chi connectivity index (χ3v) is 3.88. The summed E-state index contributed by atoms with van der Waals surface area (Å²) in [5.41, 5.74) is 2.11. The molecule has 0 aliphatic rings. The fraction of sp³-hybridized carbons (Fsp3) is 0.0588. The highest BCUT2D eigenvalue weighted by atomic mass is 35.5. The minimum atomic E-state index is -0.520. The van der Waals surface area contributed by atoms with Crippen molar-refractivity contribution >= 4 is 50.9 Å². The van der Waals surface area contributed by atoms with Crippen molar-refractivity contribution in [3.05, 3.63) is 64.8 Å². The molecule has 116 valence electrons. The summed E-state index contributed by atoms with van der Waals surface area (Å²) in [4.78, 5) is 19.4. The Balaban J connectivity index is 2.20. The predicted molar refractivity (Wildman–Crippen MR) is 93.1 cm³/mol. The Morgan fingerprint density at radius 1 is 1.17 bits per heavy atom. The number of hydrogen-bond acceptors (Lipinski definition) is 3. The summed E-state index contributed by atoms with van der Waals surface area (Å²) in [5.74, 6) is -0.520. The Morgan fingerprint density at radius 2 is 1.91 bits per heavy atom. The van der Waals surface area contributed by atoms with Crippen LogP contribution in [-0.4, -0.2) is 23.2 Å². The smallest absolute Gasteiger partial charge is 0.356 e. The third kappa shape index (κ3) is 3.09.